The van der Waals surface area contributed by atoms with E-state index in [4.69, 9.17) is 0 Å². The molecule has 0 unspecified atom stereocenters. The second-order valence-corrected chi connectivity index (χ2v) is 3.42. The van der Waals surface area contributed by atoms with E-state index in [1.807, 2.05) is 0 Å². The summed E-state index contributed by atoms with van der Waals surface area (Å²) in [4.78, 5) is 23.2. The van der Waals surface area contributed by atoms with Crippen LogP contribution in [-0.4, -0.2) is 51.9 Å². The summed E-state index contributed by atoms with van der Waals surface area (Å²) in [5.74, 6) is -2.46. The van der Waals surface area contributed by atoms with E-state index in [-0.39, 0.29) is 12.5 Å². The number of likely N-dealkylation sites (N-methyl/N-ethyl adjacent to an activating group) is 1. The van der Waals surface area contributed by atoms with Crippen LogP contribution in [0.1, 0.15) is 10.5 Å². The Morgan fingerprint density at radius 3 is 2.47 bits per heavy atom. The molecule has 1 aromatic rings. The van der Waals surface area contributed by atoms with E-state index >= 15 is 0 Å². The Hall–Kier alpha value is -1.93. The lowest BCUT2D eigenvalue weighted by atomic mass is 10.3. The summed E-state index contributed by atoms with van der Waals surface area (Å²) >= 11 is 0. The fourth-order valence-corrected chi connectivity index (χ4v) is 0.905. The first-order valence-corrected chi connectivity index (χ1v) is 4.43. The Balaban J connectivity index is 2.79. The van der Waals surface area contributed by atoms with Gasteiger partial charge in [-0.2, -0.15) is 13.2 Å². The highest BCUT2D eigenvalue weighted by atomic mass is 19.4. The van der Waals surface area contributed by atoms with Crippen molar-refractivity contribution in [2.45, 2.75) is 12.7 Å². The maximum absolute atomic E-state index is 12.0. The van der Waals surface area contributed by atoms with E-state index in [1.165, 1.54) is 19.0 Å². The van der Waals surface area contributed by atoms with Crippen LogP contribution in [0.2, 0.25) is 0 Å². The smallest absolute Gasteiger partial charge is 0.347 e. The molecule has 1 amide bonds. The number of alkyl halides is 3. The van der Waals surface area contributed by atoms with Crippen molar-refractivity contribution >= 4 is 11.7 Å². The predicted octanol–water partition coefficient (Wildman–Crippen LogP) is 0.111. The monoisotopic (exact) mass is 250 g/mol. The van der Waals surface area contributed by atoms with Gasteiger partial charge in [-0.1, -0.05) is 5.21 Å². The predicted molar refractivity (Wildman–Crippen MR) is 49.1 cm³/mol. The lowest BCUT2D eigenvalue weighted by Gasteiger charge is -2.08. The number of aromatic nitrogens is 3. The number of amides is 1. The van der Waals surface area contributed by atoms with E-state index in [1.54, 1.807) is 0 Å². The molecular formula is C8H9F3N4O2. The molecule has 0 saturated heterocycles. The fourth-order valence-electron chi connectivity index (χ4n) is 0.905. The zero-order chi connectivity index (χ0) is 13.2. The Morgan fingerprint density at radius 2 is 2.00 bits per heavy atom. The van der Waals surface area contributed by atoms with Gasteiger partial charge in [-0.05, 0) is 0 Å². The topological polar surface area (TPSA) is 68.1 Å². The first-order valence-electron chi connectivity index (χ1n) is 4.43. The molecule has 0 aliphatic rings. The molecular weight excluding hydrogens is 241 g/mol. The lowest BCUT2D eigenvalue weighted by Crippen LogP contribution is -2.26. The molecule has 1 aromatic heterocycles. The van der Waals surface area contributed by atoms with Crippen molar-refractivity contribution in [3.63, 3.8) is 0 Å². The van der Waals surface area contributed by atoms with Crippen LogP contribution < -0.4 is 0 Å². The number of carbonyl (C=O) groups excluding carboxylic acids is 2. The van der Waals surface area contributed by atoms with Gasteiger partial charge in [-0.15, -0.1) is 5.10 Å². The van der Waals surface area contributed by atoms with Crippen LogP contribution in [0.5, 0.6) is 0 Å². The van der Waals surface area contributed by atoms with Gasteiger partial charge >= 0.3 is 6.18 Å². The van der Waals surface area contributed by atoms with Crippen LogP contribution in [0.3, 0.4) is 0 Å². The van der Waals surface area contributed by atoms with Gasteiger partial charge in [-0.25, -0.2) is 4.68 Å². The van der Waals surface area contributed by atoms with Gasteiger partial charge < -0.3 is 4.90 Å². The number of nitrogens with zero attached hydrogens (tertiary/aromatic N) is 4. The van der Waals surface area contributed by atoms with Crippen LogP contribution in [0.25, 0.3) is 0 Å². The van der Waals surface area contributed by atoms with E-state index in [9.17, 15) is 22.8 Å². The standard InChI is InChI=1S/C8H9F3N4O2/c1-14(2)6(16)4-15-3-5(12-13-15)7(17)8(9,10)11/h3H,4H2,1-2H3. The Morgan fingerprint density at radius 1 is 1.41 bits per heavy atom. The van der Waals surface area contributed by atoms with Gasteiger partial charge in [0.15, 0.2) is 5.69 Å². The normalized spacial score (nSPS) is 11.4. The average molecular weight is 250 g/mol. The Bertz CT molecular complexity index is 438. The third-order valence-electron chi connectivity index (χ3n) is 1.82. The van der Waals surface area contributed by atoms with Crippen LogP contribution in [-0.2, 0) is 11.3 Å². The van der Waals surface area contributed by atoms with Gasteiger partial charge in [0.2, 0.25) is 5.91 Å². The largest absolute Gasteiger partial charge is 0.456 e. The molecule has 9 heteroatoms. The first kappa shape index (κ1) is 13.1. The highest BCUT2D eigenvalue weighted by Crippen LogP contribution is 2.19. The van der Waals surface area contributed by atoms with Crippen LogP contribution in [0.15, 0.2) is 6.20 Å². The zero-order valence-corrected chi connectivity index (χ0v) is 9.02. The number of ketones is 1. The van der Waals surface area contributed by atoms with Crippen LogP contribution in [0.4, 0.5) is 13.2 Å². The van der Waals surface area contributed by atoms with Gasteiger partial charge in [0.25, 0.3) is 5.78 Å². The molecule has 0 radical (unpaired) electrons. The molecule has 1 rings (SSSR count). The summed E-state index contributed by atoms with van der Waals surface area (Å²) in [7, 11) is 2.97. The van der Waals surface area contributed by atoms with E-state index in [0.29, 0.717) is 0 Å². The molecule has 17 heavy (non-hydrogen) atoms. The summed E-state index contributed by atoms with van der Waals surface area (Å²) in [5.41, 5.74) is -0.830. The van der Waals surface area contributed by atoms with Crippen molar-refractivity contribution in [2.75, 3.05) is 14.1 Å². The maximum Gasteiger partial charge on any atom is 0.456 e. The molecule has 0 bridgehead atoms. The minimum atomic E-state index is -4.99. The minimum Gasteiger partial charge on any atom is -0.347 e. The van der Waals surface area contributed by atoms with Gasteiger partial charge in [0.05, 0.1) is 6.20 Å². The van der Waals surface area contributed by atoms with Crippen molar-refractivity contribution in [1.29, 1.82) is 0 Å². The summed E-state index contributed by atoms with van der Waals surface area (Å²) in [6.07, 6.45) is -4.20. The van der Waals surface area contributed by atoms with Crippen LogP contribution >= 0.6 is 0 Å². The second-order valence-electron chi connectivity index (χ2n) is 3.42. The molecule has 0 aromatic carbocycles. The van der Waals surface area contributed by atoms with Crippen molar-refractivity contribution in [1.82, 2.24) is 19.9 Å². The van der Waals surface area contributed by atoms with E-state index in [0.717, 1.165) is 10.9 Å². The average Bonchev–Trinajstić information content (AvgIpc) is 2.63. The van der Waals surface area contributed by atoms with Crippen molar-refractivity contribution in [3.05, 3.63) is 11.9 Å². The summed E-state index contributed by atoms with van der Waals surface area (Å²) in [6.45, 7) is -0.273. The van der Waals surface area contributed by atoms with Gasteiger partial charge in [0, 0.05) is 14.1 Å². The molecule has 0 fully saturated rings. The third kappa shape index (κ3) is 3.26. The van der Waals surface area contributed by atoms with Gasteiger partial charge in [0.1, 0.15) is 6.54 Å². The summed E-state index contributed by atoms with van der Waals surface area (Å²) < 4.78 is 37.0. The molecule has 6 nitrogen and oxygen atoms in total. The first-order chi connectivity index (χ1) is 7.71. The van der Waals surface area contributed by atoms with Crippen molar-refractivity contribution in [2.24, 2.45) is 0 Å². The number of Topliss-reactive ketones (excluding diaryl/α,β-unsaturated/α-hetero) is 1. The number of hydrogen-bond donors (Lipinski definition) is 0. The number of carbonyl (C=O) groups is 2. The summed E-state index contributed by atoms with van der Waals surface area (Å²) in [5, 5.41) is 6.34. The molecule has 0 aliphatic heterocycles. The van der Waals surface area contributed by atoms with Crippen LogP contribution in [0, 0.1) is 0 Å². The zero-order valence-electron chi connectivity index (χ0n) is 9.02. The number of halogens is 3. The van der Waals surface area contributed by atoms with E-state index in [2.05, 4.69) is 10.3 Å². The highest BCUT2D eigenvalue weighted by molar-refractivity contribution is 5.98. The minimum absolute atomic E-state index is 0.273. The fraction of sp³-hybridized carbons (Fsp3) is 0.500. The Kier molecular flexibility index (Phi) is 3.49. The molecule has 0 N–H and O–H groups in total. The molecule has 1 heterocycles. The second kappa shape index (κ2) is 4.52. The SMILES string of the molecule is CN(C)C(=O)Cn1cc(C(=O)C(F)(F)F)nn1. The van der Waals surface area contributed by atoms with Crippen molar-refractivity contribution in [3.8, 4) is 0 Å². The highest BCUT2D eigenvalue weighted by Gasteiger charge is 2.41. The van der Waals surface area contributed by atoms with E-state index < -0.39 is 17.7 Å². The maximum atomic E-state index is 12.0. The summed E-state index contributed by atoms with van der Waals surface area (Å²) in [6, 6.07) is 0. The Labute approximate surface area is 94.0 Å². The van der Waals surface area contributed by atoms with Crippen molar-refractivity contribution < 1.29 is 22.8 Å². The molecule has 0 spiro atoms. The third-order valence-corrected chi connectivity index (χ3v) is 1.82. The molecule has 0 saturated carbocycles. The number of rotatable bonds is 3. The van der Waals surface area contributed by atoms with Gasteiger partial charge in [-0.3, -0.25) is 9.59 Å². The molecule has 0 aliphatic carbocycles. The lowest BCUT2D eigenvalue weighted by molar-refractivity contribution is -0.129. The number of hydrogen-bond acceptors (Lipinski definition) is 4. The molecule has 94 valence electrons. The quantitative estimate of drug-likeness (QED) is 0.714. The molecule has 0 atom stereocenters.